The number of hydrogen-bond acceptors (Lipinski definition) is 5. The summed E-state index contributed by atoms with van der Waals surface area (Å²) >= 11 is 1.81. The number of halogens is 1. The molecule has 2 heterocycles. The Labute approximate surface area is 178 Å². The Morgan fingerprint density at radius 2 is 2.35 bits per heavy atom. The molecule has 1 saturated heterocycles. The molecular weight excluding hydrogens is 463 g/mol. The first kappa shape index (κ1) is 23.6. The summed E-state index contributed by atoms with van der Waals surface area (Å²) in [6.45, 7) is 10.1. The van der Waals surface area contributed by atoms with Gasteiger partial charge in [0, 0.05) is 51.3 Å². The van der Waals surface area contributed by atoms with Gasteiger partial charge in [0.15, 0.2) is 5.96 Å². The Hall–Kier alpha value is -0.420. The maximum atomic E-state index is 5.70. The smallest absolute Gasteiger partial charge is 0.191 e. The van der Waals surface area contributed by atoms with Crippen LogP contribution in [0.1, 0.15) is 31.2 Å². The highest BCUT2D eigenvalue weighted by atomic mass is 127. The van der Waals surface area contributed by atoms with E-state index in [1.54, 1.807) is 0 Å². The third kappa shape index (κ3) is 8.08. The number of morpholine rings is 1. The SMILES string of the molecule is CCOCCCNC(=NC)NCC(c1cccs1)N1CCOC(C)C1.I. The largest absolute Gasteiger partial charge is 0.382 e. The van der Waals surface area contributed by atoms with Crippen molar-refractivity contribution in [2.75, 3.05) is 53.0 Å². The summed E-state index contributed by atoms with van der Waals surface area (Å²) in [7, 11) is 1.81. The van der Waals surface area contributed by atoms with Crippen LogP contribution in [0.3, 0.4) is 0 Å². The van der Waals surface area contributed by atoms with Crippen LogP contribution in [-0.4, -0.2) is 70.0 Å². The fourth-order valence-electron chi connectivity index (χ4n) is 2.96. The Bertz CT molecular complexity index is 501. The molecule has 1 aromatic heterocycles. The van der Waals surface area contributed by atoms with Crippen molar-refractivity contribution in [3.8, 4) is 0 Å². The van der Waals surface area contributed by atoms with Crippen molar-refractivity contribution >= 4 is 41.3 Å². The third-order valence-electron chi connectivity index (χ3n) is 4.23. The summed E-state index contributed by atoms with van der Waals surface area (Å²) in [5.74, 6) is 0.847. The van der Waals surface area contributed by atoms with Crippen LogP contribution in [0.5, 0.6) is 0 Å². The minimum Gasteiger partial charge on any atom is -0.382 e. The number of guanidine groups is 1. The topological polar surface area (TPSA) is 58.1 Å². The van der Waals surface area contributed by atoms with Crippen molar-refractivity contribution in [2.24, 2.45) is 4.99 Å². The highest BCUT2D eigenvalue weighted by molar-refractivity contribution is 14.0. The van der Waals surface area contributed by atoms with E-state index in [4.69, 9.17) is 9.47 Å². The normalized spacial score (nSPS) is 19.7. The third-order valence-corrected chi connectivity index (χ3v) is 5.21. The fraction of sp³-hybridized carbons (Fsp3) is 0.722. The zero-order valence-electron chi connectivity index (χ0n) is 16.1. The van der Waals surface area contributed by atoms with Crippen LogP contribution < -0.4 is 10.6 Å². The quantitative estimate of drug-likeness (QED) is 0.238. The maximum Gasteiger partial charge on any atom is 0.191 e. The number of aliphatic imine (C=N–C) groups is 1. The average molecular weight is 496 g/mol. The van der Waals surface area contributed by atoms with Gasteiger partial charge in [-0.15, -0.1) is 35.3 Å². The van der Waals surface area contributed by atoms with Crippen molar-refractivity contribution in [2.45, 2.75) is 32.4 Å². The molecule has 2 unspecified atom stereocenters. The minimum atomic E-state index is 0. The molecular formula is C18H33IN4O2S. The van der Waals surface area contributed by atoms with E-state index in [1.165, 1.54) is 4.88 Å². The van der Waals surface area contributed by atoms with Crippen LogP contribution in [0.2, 0.25) is 0 Å². The van der Waals surface area contributed by atoms with Crippen molar-refractivity contribution in [3.63, 3.8) is 0 Å². The van der Waals surface area contributed by atoms with Crippen molar-refractivity contribution < 1.29 is 9.47 Å². The molecule has 26 heavy (non-hydrogen) atoms. The van der Waals surface area contributed by atoms with Crippen LogP contribution in [-0.2, 0) is 9.47 Å². The Morgan fingerprint density at radius 1 is 1.50 bits per heavy atom. The lowest BCUT2D eigenvalue weighted by Gasteiger charge is -2.37. The Balaban J connectivity index is 0.00000338. The standard InChI is InChI=1S/C18H32N4O2S.HI/c1-4-23-10-6-8-20-18(19-3)21-13-16(17-7-5-12-25-17)22-9-11-24-15(2)14-22;/h5,7,12,15-16H,4,6,8-11,13-14H2,1-3H3,(H2,19,20,21);1H. The highest BCUT2D eigenvalue weighted by Crippen LogP contribution is 2.26. The Kier molecular flexibility index (Phi) is 12.4. The number of ether oxygens (including phenoxy) is 2. The zero-order chi connectivity index (χ0) is 17.9. The van der Waals surface area contributed by atoms with Gasteiger partial charge < -0.3 is 20.1 Å². The maximum absolute atomic E-state index is 5.70. The van der Waals surface area contributed by atoms with Gasteiger partial charge in [-0.25, -0.2) is 0 Å². The van der Waals surface area contributed by atoms with E-state index in [-0.39, 0.29) is 30.1 Å². The molecule has 0 aliphatic carbocycles. The lowest BCUT2D eigenvalue weighted by Crippen LogP contribution is -2.48. The van der Waals surface area contributed by atoms with Crippen LogP contribution >= 0.6 is 35.3 Å². The molecule has 2 rings (SSSR count). The molecule has 0 aromatic carbocycles. The summed E-state index contributed by atoms with van der Waals surface area (Å²) in [4.78, 5) is 8.23. The zero-order valence-corrected chi connectivity index (χ0v) is 19.2. The molecule has 1 aliphatic heterocycles. The Morgan fingerprint density at radius 3 is 3.00 bits per heavy atom. The lowest BCUT2D eigenvalue weighted by atomic mass is 10.1. The minimum absolute atomic E-state index is 0. The van der Waals surface area contributed by atoms with Crippen molar-refractivity contribution in [1.82, 2.24) is 15.5 Å². The molecule has 0 amide bonds. The second-order valence-corrected chi connectivity index (χ2v) is 7.12. The van der Waals surface area contributed by atoms with Gasteiger partial charge in [0.05, 0.1) is 18.8 Å². The molecule has 2 N–H and O–H groups in total. The first-order valence-corrected chi connectivity index (χ1v) is 10.0. The highest BCUT2D eigenvalue weighted by Gasteiger charge is 2.26. The summed E-state index contributed by atoms with van der Waals surface area (Å²) in [5, 5.41) is 8.99. The summed E-state index contributed by atoms with van der Waals surface area (Å²) < 4.78 is 11.1. The monoisotopic (exact) mass is 496 g/mol. The van der Waals surface area contributed by atoms with E-state index >= 15 is 0 Å². The molecule has 0 spiro atoms. The van der Waals surface area contributed by atoms with E-state index in [2.05, 4.69) is 45.0 Å². The predicted molar refractivity (Wildman–Crippen MR) is 120 cm³/mol. The number of thiophene rings is 1. The average Bonchev–Trinajstić information content (AvgIpc) is 3.14. The van der Waals surface area contributed by atoms with Crippen molar-refractivity contribution in [3.05, 3.63) is 22.4 Å². The summed E-state index contributed by atoms with van der Waals surface area (Å²) in [6, 6.07) is 4.68. The van der Waals surface area contributed by atoms with Crippen molar-refractivity contribution in [1.29, 1.82) is 0 Å². The predicted octanol–water partition coefficient (Wildman–Crippen LogP) is 2.72. The van der Waals surface area contributed by atoms with Crippen LogP contribution in [0.15, 0.2) is 22.5 Å². The summed E-state index contributed by atoms with van der Waals surface area (Å²) in [5.41, 5.74) is 0. The fourth-order valence-corrected chi connectivity index (χ4v) is 3.82. The van der Waals surface area contributed by atoms with Crippen LogP contribution in [0.4, 0.5) is 0 Å². The second-order valence-electron chi connectivity index (χ2n) is 6.14. The van der Waals surface area contributed by atoms with Crippen LogP contribution in [0, 0.1) is 0 Å². The molecule has 1 fully saturated rings. The first-order chi connectivity index (χ1) is 12.2. The molecule has 2 atom stereocenters. The lowest BCUT2D eigenvalue weighted by molar-refractivity contribution is -0.0334. The van der Waals surface area contributed by atoms with Gasteiger partial charge in [-0.3, -0.25) is 9.89 Å². The van der Waals surface area contributed by atoms with E-state index in [1.807, 2.05) is 25.3 Å². The number of hydrogen-bond donors (Lipinski definition) is 2. The van der Waals surface area contributed by atoms with Gasteiger partial charge in [-0.1, -0.05) is 6.07 Å². The van der Waals surface area contributed by atoms with E-state index < -0.39 is 0 Å². The van der Waals surface area contributed by atoms with E-state index in [9.17, 15) is 0 Å². The molecule has 0 radical (unpaired) electrons. The number of rotatable bonds is 9. The molecule has 1 aliphatic rings. The summed E-state index contributed by atoms with van der Waals surface area (Å²) in [6.07, 6.45) is 1.26. The van der Waals surface area contributed by atoms with Gasteiger partial charge in [0.2, 0.25) is 0 Å². The van der Waals surface area contributed by atoms with Crippen LogP contribution in [0.25, 0.3) is 0 Å². The molecule has 0 bridgehead atoms. The molecule has 150 valence electrons. The van der Waals surface area contributed by atoms with Gasteiger partial charge in [-0.05, 0) is 31.7 Å². The van der Waals surface area contributed by atoms with Gasteiger partial charge in [0.1, 0.15) is 0 Å². The van der Waals surface area contributed by atoms with Gasteiger partial charge >= 0.3 is 0 Å². The number of nitrogens with zero attached hydrogens (tertiary/aromatic N) is 2. The van der Waals surface area contributed by atoms with Gasteiger partial charge in [-0.2, -0.15) is 0 Å². The second kappa shape index (κ2) is 13.7. The molecule has 0 saturated carbocycles. The van der Waals surface area contributed by atoms with Gasteiger partial charge in [0.25, 0.3) is 0 Å². The molecule has 6 nitrogen and oxygen atoms in total. The van der Waals surface area contributed by atoms with E-state index in [0.717, 1.165) is 58.4 Å². The number of nitrogens with one attached hydrogen (secondary N) is 2. The van der Waals surface area contributed by atoms with E-state index in [0.29, 0.717) is 6.04 Å². The first-order valence-electron chi connectivity index (χ1n) is 9.16. The molecule has 1 aromatic rings. The molecule has 8 heteroatoms.